The van der Waals surface area contributed by atoms with Crippen LogP contribution in [0.1, 0.15) is 24.1 Å². The van der Waals surface area contributed by atoms with Crippen molar-refractivity contribution in [2.45, 2.75) is 19.6 Å². The SMILES string of the molecule is CC(NC(=O)Nc1ccccc1COc1ccccc1)c1ccncc1. The van der Waals surface area contributed by atoms with Crippen LogP contribution in [0.2, 0.25) is 0 Å². The van der Waals surface area contributed by atoms with Gasteiger partial charge in [0, 0.05) is 23.6 Å². The lowest BCUT2D eigenvalue weighted by Crippen LogP contribution is -2.31. The van der Waals surface area contributed by atoms with Gasteiger partial charge in [-0.1, -0.05) is 36.4 Å². The van der Waals surface area contributed by atoms with E-state index in [1.54, 1.807) is 12.4 Å². The summed E-state index contributed by atoms with van der Waals surface area (Å²) in [6.07, 6.45) is 3.42. The molecule has 0 aliphatic rings. The van der Waals surface area contributed by atoms with Crippen LogP contribution in [0, 0.1) is 0 Å². The standard InChI is InChI=1S/C21H21N3O2/c1-16(17-11-13-22-14-12-17)23-21(25)24-20-10-6-5-7-18(20)15-26-19-8-3-2-4-9-19/h2-14,16H,15H2,1H3,(H2,23,24,25). The number of benzene rings is 2. The average Bonchev–Trinajstić information content (AvgIpc) is 2.68. The first-order valence-corrected chi connectivity index (χ1v) is 8.45. The molecule has 0 fully saturated rings. The van der Waals surface area contributed by atoms with E-state index in [9.17, 15) is 4.79 Å². The molecule has 3 aromatic rings. The third-order valence-electron chi connectivity index (χ3n) is 3.96. The summed E-state index contributed by atoms with van der Waals surface area (Å²) >= 11 is 0. The Labute approximate surface area is 153 Å². The van der Waals surface area contributed by atoms with E-state index >= 15 is 0 Å². The lowest BCUT2D eigenvalue weighted by Gasteiger charge is -2.16. The van der Waals surface area contributed by atoms with Gasteiger partial charge in [0.05, 0.1) is 6.04 Å². The van der Waals surface area contributed by atoms with Crippen LogP contribution in [0.3, 0.4) is 0 Å². The van der Waals surface area contributed by atoms with Crippen molar-refractivity contribution in [1.29, 1.82) is 0 Å². The number of carbonyl (C=O) groups is 1. The van der Waals surface area contributed by atoms with Crippen molar-refractivity contribution in [3.8, 4) is 5.75 Å². The van der Waals surface area contributed by atoms with Crippen LogP contribution in [0.15, 0.2) is 79.1 Å². The van der Waals surface area contributed by atoms with Crippen molar-refractivity contribution < 1.29 is 9.53 Å². The molecule has 2 N–H and O–H groups in total. The molecular formula is C21H21N3O2. The van der Waals surface area contributed by atoms with Gasteiger partial charge in [-0.05, 0) is 42.8 Å². The Balaban J connectivity index is 1.61. The van der Waals surface area contributed by atoms with Gasteiger partial charge >= 0.3 is 6.03 Å². The summed E-state index contributed by atoms with van der Waals surface area (Å²) in [7, 11) is 0. The third kappa shape index (κ3) is 4.83. The number of rotatable bonds is 6. The van der Waals surface area contributed by atoms with E-state index in [-0.39, 0.29) is 12.1 Å². The predicted molar refractivity (Wildman–Crippen MR) is 102 cm³/mol. The number of anilines is 1. The first kappa shape index (κ1) is 17.5. The molecule has 132 valence electrons. The van der Waals surface area contributed by atoms with Crippen molar-refractivity contribution >= 4 is 11.7 Å². The molecule has 3 rings (SSSR count). The molecule has 0 aliphatic heterocycles. The highest BCUT2D eigenvalue weighted by atomic mass is 16.5. The summed E-state index contributed by atoms with van der Waals surface area (Å²) in [5.74, 6) is 0.790. The van der Waals surface area contributed by atoms with Gasteiger partial charge in [0.25, 0.3) is 0 Å². The number of amides is 2. The molecule has 2 amide bonds. The number of hydrogen-bond acceptors (Lipinski definition) is 3. The summed E-state index contributed by atoms with van der Waals surface area (Å²) < 4.78 is 5.79. The van der Waals surface area contributed by atoms with E-state index in [1.165, 1.54) is 0 Å². The van der Waals surface area contributed by atoms with Crippen molar-refractivity contribution in [3.63, 3.8) is 0 Å². The molecule has 0 saturated carbocycles. The van der Waals surface area contributed by atoms with Crippen molar-refractivity contribution in [3.05, 3.63) is 90.3 Å². The molecular weight excluding hydrogens is 326 g/mol. The molecule has 5 nitrogen and oxygen atoms in total. The summed E-state index contributed by atoms with van der Waals surface area (Å²) in [6.45, 7) is 2.31. The van der Waals surface area contributed by atoms with Crippen molar-refractivity contribution in [2.75, 3.05) is 5.32 Å². The number of hydrogen-bond donors (Lipinski definition) is 2. The predicted octanol–water partition coefficient (Wildman–Crippen LogP) is 4.54. The zero-order valence-electron chi connectivity index (χ0n) is 14.6. The summed E-state index contributed by atoms with van der Waals surface area (Å²) in [5.41, 5.74) is 2.63. The molecule has 0 spiro atoms. The maximum Gasteiger partial charge on any atom is 0.319 e. The first-order chi connectivity index (χ1) is 12.7. The molecule has 0 saturated heterocycles. The quantitative estimate of drug-likeness (QED) is 0.688. The number of nitrogens with one attached hydrogen (secondary N) is 2. The largest absolute Gasteiger partial charge is 0.489 e. The molecule has 0 bridgehead atoms. The third-order valence-corrected chi connectivity index (χ3v) is 3.96. The van der Waals surface area contributed by atoms with E-state index < -0.39 is 0 Å². The Morgan fingerprint density at radius 2 is 1.69 bits per heavy atom. The number of ether oxygens (including phenoxy) is 1. The van der Waals surface area contributed by atoms with E-state index in [1.807, 2.05) is 73.7 Å². The lowest BCUT2D eigenvalue weighted by molar-refractivity contribution is 0.249. The first-order valence-electron chi connectivity index (χ1n) is 8.45. The van der Waals surface area contributed by atoms with Crippen LogP contribution >= 0.6 is 0 Å². The normalized spacial score (nSPS) is 11.4. The molecule has 1 atom stereocenters. The van der Waals surface area contributed by atoms with Crippen LogP contribution in [0.5, 0.6) is 5.75 Å². The second-order valence-corrected chi connectivity index (χ2v) is 5.86. The van der Waals surface area contributed by atoms with Crippen LogP contribution in [-0.2, 0) is 6.61 Å². The Bertz CT molecular complexity index is 838. The lowest BCUT2D eigenvalue weighted by atomic mass is 10.1. The number of para-hydroxylation sites is 2. The molecule has 0 aliphatic carbocycles. The van der Waals surface area contributed by atoms with Crippen LogP contribution in [0.4, 0.5) is 10.5 Å². The molecule has 1 aromatic heterocycles. The van der Waals surface area contributed by atoms with Gasteiger partial charge < -0.3 is 15.4 Å². The summed E-state index contributed by atoms with van der Waals surface area (Å²) in [4.78, 5) is 16.3. The maximum absolute atomic E-state index is 12.3. The highest BCUT2D eigenvalue weighted by molar-refractivity contribution is 5.90. The Morgan fingerprint density at radius 3 is 2.46 bits per heavy atom. The Morgan fingerprint density at radius 1 is 1.00 bits per heavy atom. The smallest absolute Gasteiger partial charge is 0.319 e. The summed E-state index contributed by atoms with van der Waals surface area (Å²) in [6, 6.07) is 20.6. The minimum atomic E-state index is -0.263. The zero-order valence-corrected chi connectivity index (χ0v) is 14.6. The molecule has 1 unspecified atom stereocenters. The van der Waals surface area contributed by atoms with Crippen molar-refractivity contribution in [1.82, 2.24) is 10.3 Å². The van der Waals surface area contributed by atoms with E-state index in [2.05, 4.69) is 15.6 Å². The van der Waals surface area contributed by atoms with Gasteiger partial charge in [-0.3, -0.25) is 4.98 Å². The van der Waals surface area contributed by atoms with Crippen LogP contribution in [0.25, 0.3) is 0 Å². The fourth-order valence-electron chi connectivity index (χ4n) is 2.54. The summed E-state index contributed by atoms with van der Waals surface area (Å²) in [5, 5.41) is 5.83. The van der Waals surface area contributed by atoms with Gasteiger partial charge in [0.1, 0.15) is 12.4 Å². The van der Waals surface area contributed by atoms with Gasteiger partial charge in [-0.15, -0.1) is 0 Å². The second-order valence-electron chi connectivity index (χ2n) is 5.86. The fourth-order valence-corrected chi connectivity index (χ4v) is 2.54. The van der Waals surface area contributed by atoms with E-state index in [4.69, 9.17) is 4.74 Å². The van der Waals surface area contributed by atoms with Gasteiger partial charge in [0.2, 0.25) is 0 Å². The highest BCUT2D eigenvalue weighted by Gasteiger charge is 2.11. The minimum absolute atomic E-state index is 0.120. The topological polar surface area (TPSA) is 63.2 Å². The Kier molecular flexibility index (Phi) is 5.83. The van der Waals surface area contributed by atoms with E-state index in [0.717, 1.165) is 22.6 Å². The highest BCUT2D eigenvalue weighted by Crippen LogP contribution is 2.19. The Hall–Kier alpha value is -3.34. The van der Waals surface area contributed by atoms with Crippen molar-refractivity contribution in [2.24, 2.45) is 0 Å². The van der Waals surface area contributed by atoms with Crippen LogP contribution in [-0.4, -0.2) is 11.0 Å². The fraction of sp³-hybridized carbons (Fsp3) is 0.143. The number of nitrogens with zero attached hydrogens (tertiary/aromatic N) is 1. The van der Waals surface area contributed by atoms with Crippen LogP contribution < -0.4 is 15.4 Å². The number of aromatic nitrogens is 1. The molecule has 5 heteroatoms. The molecule has 26 heavy (non-hydrogen) atoms. The second kappa shape index (κ2) is 8.67. The number of carbonyl (C=O) groups excluding carboxylic acids is 1. The molecule has 1 heterocycles. The van der Waals surface area contributed by atoms with E-state index in [0.29, 0.717) is 6.61 Å². The maximum atomic E-state index is 12.3. The van der Waals surface area contributed by atoms with Gasteiger partial charge in [0.15, 0.2) is 0 Å². The number of pyridine rings is 1. The zero-order chi connectivity index (χ0) is 18.2. The molecule has 0 radical (unpaired) electrons. The minimum Gasteiger partial charge on any atom is -0.489 e. The average molecular weight is 347 g/mol. The van der Waals surface area contributed by atoms with Gasteiger partial charge in [-0.2, -0.15) is 0 Å². The number of urea groups is 1. The molecule has 2 aromatic carbocycles. The van der Waals surface area contributed by atoms with Gasteiger partial charge in [-0.25, -0.2) is 4.79 Å². The monoisotopic (exact) mass is 347 g/mol.